The summed E-state index contributed by atoms with van der Waals surface area (Å²) >= 11 is 5.98. The highest BCUT2D eigenvalue weighted by Crippen LogP contribution is 2.45. The molecule has 1 heterocycles. The van der Waals surface area contributed by atoms with Crippen molar-refractivity contribution in [2.75, 3.05) is 12.0 Å². The number of ether oxygens (including phenoxy) is 1. The molecule has 0 aliphatic carbocycles. The Kier molecular flexibility index (Phi) is 5.76. The molecule has 1 amide bonds. The van der Waals surface area contributed by atoms with Gasteiger partial charge in [0.15, 0.2) is 0 Å². The number of amides is 1. The van der Waals surface area contributed by atoms with Gasteiger partial charge < -0.3 is 9.84 Å². The van der Waals surface area contributed by atoms with Gasteiger partial charge in [-0.05, 0) is 55.8 Å². The monoisotopic (exact) mass is 447 g/mol. The van der Waals surface area contributed by atoms with E-state index in [0.717, 1.165) is 11.1 Å². The number of carbonyl (C=O) groups excluding carboxylic acids is 2. The normalized spacial score (nSPS) is 17.6. The molecule has 0 aromatic heterocycles. The minimum atomic E-state index is -0.858. The third-order valence-corrected chi connectivity index (χ3v) is 5.86. The summed E-state index contributed by atoms with van der Waals surface area (Å²) in [5.41, 5.74) is 3.49. The lowest BCUT2D eigenvalue weighted by atomic mass is 9.94. The topological polar surface area (TPSA) is 66.8 Å². The summed E-state index contributed by atoms with van der Waals surface area (Å²) in [6.07, 6.45) is 0. The summed E-state index contributed by atoms with van der Waals surface area (Å²) in [4.78, 5) is 28.0. The number of Topliss-reactive ketones (excluding diaryl/α,β-unsaturated/α-hetero) is 1. The van der Waals surface area contributed by atoms with Crippen LogP contribution in [0.1, 0.15) is 28.3 Å². The molecule has 1 N–H and O–H groups in total. The van der Waals surface area contributed by atoms with E-state index in [0.29, 0.717) is 27.6 Å². The maximum Gasteiger partial charge on any atom is 0.300 e. The van der Waals surface area contributed by atoms with Gasteiger partial charge in [-0.3, -0.25) is 14.5 Å². The van der Waals surface area contributed by atoms with Crippen molar-refractivity contribution in [2.24, 2.45) is 0 Å². The summed E-state index contributed by atoms with van der Waals surface area (Å²) in [5.74, 6) is -1.21. The predicted molar refractivity (Wildman–Crippen MR) is 125 cm³/mol. The number of nitrogens with zero attached hydrogens (tertiary/aromatic N) is 1. The molecule has 1 aliphatic rings. The molecular weight excluding hydrogens is 426 g/mol. The molecule has 32 heavy (non-hydrogen) atoms. The van der Waals surface area contributed by atoms with E-state index in [4.69, 9.17) is 16.3 Å². The van der Waals surface area contributed by atoms with E-state index in [1.165, 1.54) is 12.0 Å². The van der Waals surface area contributed by atoms with Crippen molar-refractivity contribution in [2.45, 2.75) is 19.9 Å². The van der Waals surface area contributed by atoms with Gasteiger partial charge in [0, 0.05) is 21.8 Å². The summed E-state index contributed by atoms with van der Waals surface area (Å²) in [6.45, 7) is 3.85. The number of hydrogen-bond donors (Lipinski definition) is 1. The van der Waals surface area contributed by atoms with Crippen LogP contribution in [0.25, 0.3) is 5.76 Å². The zero-order valence-electron chi connectivity index (χ0n) is 17.9. The van der Waals surface area contributed by atoms with E-state index in [9.17, 15) is 14.7 Å². The molecule has 6 heteroatoms. The second kappa shape index (κ2) is 8.52. The number of ketones is 1. The van der Waals surface area contributed by atoms with Crippen molar-refractivity contribution in [1.29, 1.82) is 0 Å². The predicted octanol–water partition coefficient (Wildman–Crippen LogP) is 5.59. The van der Waals surface area contributed by atoms with Crippen LogP contribution in [-0.2, 0) is 9.59 Å². The van der Waals surface area contributed by atoms with Crippen LogP contribution in [0.4, 0.5) is 5.69 Å². The van der Waals surface area contributed by atoms with Crippen molar-refractivity contribution in [3.63, 3.8) is 0 Å². The summed E-state index contributed by atoms with van der Waals surface area (Å²) in [5, 5.41) is 11.7. The van der Waals surface area contributed by atoms with Crippen molar-refractivity contribution in [3.8, 4) is 5.75 Å². The summed E-state index contributed by atoms with van der Waals surface area (Å²) < 4.78 is 5.54. The van der Waals surface area contributed by atoms with Gasteiger partial charge in [0.2, 0.25) is 0 Å². The Balaban J connectivity index is 2.00. The highest BCUT2D eigenvalue weighted by molar-refractivity contribution is 6.51. The van der Waals surface area contributed by atoms with Gasteiger partial charge >= 0.3 is 0 Å². The molecule has 1 unspecified atom stereocenters. The van der Waals surface area contributed by atoms with Crippen LogP contribution >= 0.6 is 11.6 Å². The molecule has 0 saturated carbocycles. The molecular formula is C26H22ClNO4. The Morgan fingerprint density at radius 2 is 1.69 bits per heavy atom. The smallest absolute Gasteiger partial charge is 0.300 e. The molecule has 0 spiro atoms. The minimum absolute atomic E-state index is 0.00166. The van der Waals surface area contributed by atoms with Crippen LogP contribution in [-0.4, -0.2) is 23.9 Å². The SMILES string of the molecule is COc1ccccc1C1/C(=C(\O)c2ccc(Cl)cc2)C(=O)C(=O)N1c1ccc(C)cc1C. The quantitative estimate of drug-likeness (QED) is 0.321. The molecule has 3 aromatic rings. The number of aliphatic hydroxyl groups is 1. The fourth-order valence-electron chi connectivity index (χ4n) is 4.11. The first-order valence-corrected chi connectivity index (χ1v) is 10.5. The number of benzene rings is 3. The van der Waals surface area contributed by atoms with Gasteiger partial charge in [-0.25, -0.2) is 0 Å². The van der Waals surface area contributed by atoms with E-state index >= 15 is 0 Å². The lowest BCUT2D eigenvalue weighted by molar-refractivity contribution is -0.132. The van der Waals surface area contributed by atoms with Gasteiger partial charge in [0.25, 0.3) is 11.7 Å². The molecule has 162 valence electrons. The maximum absolute atomic E-state index is 13.3. The first kappa shape index (κ1) is 21.7. The number of anilines is 1. The zero-order chi connectivity index (χ0) is 23.0. The average Bonchev–Trinajstić information content (AvgIpc) is 3.04. The first-order valence-electron chi connectivity index (χ1n) is 10.1. The molecule has 1 fully saturated rings. The van der Waals surface area contributed by atoms with Gasteiger partial charge in [0.1, 0.15) is 11.5 Å². The van der Waals surface area contributed by atoms with E-state index in [2.05, 4.69) is 0 Å². The molecule has 1 atom stereocenters. The number of aliphatic hydroxyl groups excluding tert-OH is 1. The number of aryl methyl sites for hydroxylation is 2. The molecule has 3 aromatic carbocycles. The van der Waals surface area contributed by atoms with Crippen molar-refractivity contribution in [3.05, 3.63) is 99.6 Å². The maximum atomic E-state index is 13.3. The van der Waals surface area contributed by atoms with Crippen LogP contribution in [0.15, 0.2) is 72.3 Å². The van der Waals surface area contributed by atoms with Gasteiger partial charge in [-0.2, -0.15) is 0 Å². The fourth-order valence-corrected chi connectivity index (χ4v) is 4.23. The van der Waals surface area contributed by atoms with E-state index < -0.39 is 17.7 Å². The van der Waals surface area contributed by atoms with Crippen LogP contribution in [0.2, 0.25) is 5.02 Å². The number of hydrogen-bond acceptors (Lipinski definition) is 4. The Morgan fingerprint density at radius 1 is 1.00 bits per heavy atom. The minimum Gasteiger partial charge on any atom is -0.507 e. The lowest BCUT2D eigenvalue weighted by Crippen LogP contribution is -2.30. The number of carbonyl (C=O) groups is 2. The molecule has 5 nitrogen and oxygen atoms in total. The van der Waals surface area contributed by atoms with Gasteiger partial charge in [0.05, 0.1) is 18.7 Å². The number of halogens is 1. The standard InChI is InChI=1S/C26H22ClNO4/c1-15-8-13-20(16(2)14-15)28-23(19-6-4-5-7-21(19)32-3)22(25(30)26(28)31)24(29)17-9-11-18(27)12-10-17/h4-14,23,29H,1-3H3/b24-22+. The van der Waals surface area contributed by atoms with E-state index in [1.807, 2.05) is 44.2 Å². The number of methoxy groups -OCH3 is 1. The second-order valence-corrected chi connectivity index (χ2v) is 8.14. The van der Waals surface area contributed by atoms with E-state index in [-0.39, 0.29) is 11.3 Å². The lowest BCUT2D eigenvalue weighted by Gasteiger charge is -2.28. The number of para-hydroxylation sites is 1. The highest BCUT2D eigenvalue weighted by atomic mass is 35.5. The van der Waals surface area contributed by atoms with Crippen LogP contribution in [0.5, 0.6) is 5.75 Å². The molecule has 1 aliphatic heterocycles. The average molecular weight is 448 g/mol. The van der Waals surface area contributed by atoms with Crippen LogP contribution in [0.3, 0.4) is 0 Å². The molecule has 0 bridgehead atoms. The van der Waals surface area contributed by atoms with Crippen LogP contribution in [0, 0.1) is 13.8 Å². The van der Waals surface area contributed by atoms with Crippen LogP contribution < -0.4 is 9.64 Å². The first-order chi connectivity index (χ1) is 15.3. The Hall–Kier alpha value is -3.57. The molecule has 4 rings (SSSR count). The van der Waals surface area contributed by atoms with E-state index in [1.54, 1.807) is 36.4 Å². The Labute approximate surface area is 191 Å². The molecule has 1 saturated heterocycles. The van der Waals surface area contributed by atoms with Crippen molar-refractivity contribution >= 4 is 34.7 Å². The van der Waals surface area contributed by atoms with Gasteiger partial charge in [-0.15, -0.1) is 0 Å². The second-order valence-electron chi connectivity index (χ2n) is 7.71. The third kappa shape index (κ3) is 3.65. The summed E-state index contributed by atoms with van der Waals surface area (Å²) in [6, 6.07) is 18.4. The number of rotatable bonds is 4. The fraction of sp³-hybridized carbons (Fsp3) is 0.154. The Bertz CT molecular complexity index is 1250. The zero-order valence-corrected chi connectivity index (χ0v) is 18.7. The Morgan fingerprint density at radius 3 is 2.34 bits per heavy atom. The summed E-state index contributed by atoms with van der Waals surface area (Å²) in [7, 11) is 1.53. The van der Waals surface area contributed by atoms with Gasteiger partial charge in [-0.1, -0.05) is 47.5 Å². The molecule has 0 radical (unpaired) electrons. The van der Waals surface area contributed by atoms with Crippen molar-refractivity contribution in [1.82, 2.24) is 0 Å². The third-order valence-electron chi connectivity index (χ3n) is 5.61. The van der Waals surface area contributed by atoms with Crippen molar-refractivity contribution < 1.29 is 19.4 Å². The highest BCUT2D eigenvalue weighted by Gasteiger charge is 2.48. The largest absolute Gasteiger partial charge is 0.507 e.